The number of esters is 1. The molecule has 1 saturated heterocycles. The van der Waals surface area contributed by atoms with Crippen LogP contribution in [0.4, 0.5) is 17.6 Å². The minimum Gasteiger partial charge on any atom is -0.443 e. The van der Waals surface area contributed by atoms with E-state index >= 15 is 0 Å². The van der Waals surface area contributed by atoms with Crippen molar-refractivity contribution in [1.29, 1.82) is 0 Å². The first-order valence-corrected chi connectivity index (χ1v) is 15.3. The normalized spacial score (nSPS) is 17.2. The van der Waals surface area contributed by atoms with Gasteiger partial charge < -0.3 is 20.3 Å². The van der Waals surface area contributed by atoms with Crippen molar-refractivity contribution >= 4 is 35.3 Å². The van der Waals surface area contributed by atoms with Crippen LogP contribution in [0.5, 0.6) is 0 Å². The Morgan fingerprint density at radius 1 is 0.978 bits per heavy atom. The first kappa shape index (κ1) is 36.8. The summed E-state index contributed by atoms with van der Waals surface area (Å²) in [6, 6.07) is 10.2. The van der Waals surface area contributed by atoms with E-state index in [1.165, 1.54) is 24.3 Å². The fourth-order valence-electron chi connectivity index (χ4n) is 5.36. The van der Waals surface area contributed by atoms with Gasteiger partial charge in [-0.1, -0.05) is 49.2 Å². The Bertz CT molecular complexity index is 1370. The van der Waals surface area contributed by atoms with Crippen LogP contribution in [-0.4, -0.2) is 90.1 Å². The van der Waals surface area contributed by atoms with E-state index in [2.05, 4.69) is 15.4 Å². The summed E-state index contributed by atoms with van der Waals surface area (Å²) < 4.78 is 56.7. The Morgan fingerprint density at radius 3 is 2.13 bits per heavy atom. The Balaban J connectivity index is 1.86. The van der Waals surface area contributed by atoms with Crippen molar-refractivity contribution < 1.29 is 41.5 Å². The maximum Gasteiger partial charge on any atom is 0.490 e. The Labute approximate surface area is 270 Å². The van der Waals surface area contributed by atoms with Crippen LogP contribution in [0, 0.1) is 5.82 Å². The average molecular weight is 671 g/mol. The van der Waals surface area contributed by atoms with E-state index in [1.807, 2.05) is 24.0 Å². The number of hydrogen-bond acceptors (Lipinski definition) is 6. The predicted molar refractivity (Wildman–Crippen MR) is 163 cm³/mol. The van der Waals surface area contributed by atoms with Crippen molar-refractivity contribution in [1.82, 2.24) is 20.4 Å². The minimum absolute atomic E-state index is 0.107. The molecule has 1 heterocycles. The van der Waals surface area contributed by atoms with Gasteiger partial charge >= 0.3 is 12.1 Å². The monoisotopic (exact) mass is 670 g/mol. The number of alkyl halides is 3. The van der Waals surface area contributed by atoms with Crippen molar-refractivity contribution in [2.75, 3.05) is 26.7 Å². The third kappa shape index (κ3) is 9.89. The summed E-state index contributed by atoms with van der Waals surface area (Å²) in [5.41, 5.74) is -0.879. The molecular formula is C32H39ClF4N4O5. The van der Waals surface area contributed by atoms with Gasteiger partial charge in [-0.05, 0) is 62.1 Å². The van der Waals surface area contributed by atoms with Crippen molar-refractivity contribution in [3.63, 3.8) is 0 Å². The number of amides is 3. The third-order valence-corrected chi connectivity index (χ3v) is 8.09. The Morgan fingerprint density at radius 2 is 1.57 bits per heavy atom. The fraction of sp³-hybridized carbons (Fsp3) is 0.500. The first-order valence-electron chi connectivity index (χ1n) is 14.9. The molecule has 14 heteroatoms. The average Bonchev–Trinajstić information content (AvgIpc) is 3.00. The number of piperazine rings is 1. The largest absolute Gasteiger partial charge is 0.490 e. The molecule has 0 aliphatic carbocycles. The lowest BCUT2D eigenvalue weighted by molar-refractivity contribution is -0.211. The molecule has 0 saturated carbocycles. The van der Waals surface area contributed by atoms with Gasteiger partial charge in [0.2, 0.25) is 11.8 Å². The number of halogens is 5. The quantitative estimate of drug-likeness (QED) is 0.261. The van der Waals surface area contributed by atoms with E-state index in [0.717, 1.165) is 19.4 Å². The molecule has 2 aromatic rings. The molecule has 0 aromatic heterocycles. The molecule has 46 heavy (non-hydrogen) atoms. The van der Waals surface area contributed by atoms with Crippen LogP contribution in [-0.2, 0) is 36.8 Å². The number of hydrogen-bond donors (Lipinski definition) is 2. The van der Waals surface area contributed by atoms with Crippen LogP contribution in [0.25, 0.3) is 0 Å². The first-order chi connectivity index (χ1) is 21.5. The molecule has 0 radical (unpaired) electrons. The van der Waals surface area contributed by atoms with Gasteiger partial charge in [0.05, 0.1) is 6.04 Å². The number of rotatable bonds is 12. The highest BCUT2D eigenvalue weighted by Gasteiger charge is 2.47. The number of carbonyl (C=O) groups is 4. The number of nitrogens with zero attached hydrogens (tertiary/aromatic N) is 2. The van der Waals surface area contributed by atoms with Crippen LogP contribution >= 0.6 is 11.6 Å². The second-order valence-electron chi connectivity index (χ2n) is 11.7. The molecule has 3 unspecified atom stereocenters. The number of ether oxygens (including phenoxy) is 1. The lowest BCUT2D eigenvalue weighted by Crippen LogP contribution is -2.63. The van der Waals surface area contributed by atoms with E-state index in [0.29, 0.717) is 42.9 Å². The van der Waals surface area contributed by atoms with E-state index in [1.54, 1.807) is 24.1 Å². The number of nitrogens with one attached hydrogen (secondary N) is 2. The summed E-state index contributed by atoms with van der Waals surface area (Å²) in [7, 11) is 1.55. The minimum atomic E-state index is -5.33. The van der Waals surface area contributed by atoms with Crippen LogP contribution in [0.2, 0.25) is 5.02 Å². The molecule has 1 fully saturated rings. The highest BCUT2D eigenvalue weighted by Crippen LogP contribution is 2.24. The predicted octanol–water partition coefficient (Wildman–Crippen LogP) is 4.06. The van der Waals surface area contributed by atoms with Gasteiger partial charge in [-0.3, -0.25) is 19.3 Å². The summed E-state index contributed by atoms with van der Waals surface area (Å²) in [5, 5.41) is 5.76. The molecule has 2 N–H and O–H groups in total. The van der Waals surface area contributed by atoms with Gasteiger partial charge in [-0.2, -0.15) is 13.2 Å². The van der Waals surface area contributed by atoms with Crippen molar-refractivity contribution in [2.45, 2.75) is 76.4 Å². The summed E-state index contributed by atoms with van der Waals surface area (Å²) >= 11 is 6.03. The maximum atomic E-state index is 14.1. The molecule has 0 bridgehead atoms. The van der Waals surface area contributed by atoms with Gasteiger partial charge in [0.25, 0.3) is 5.91 Å². The third-order valence-electron chi connectivity index (χ3n) is 7.83. The lowest BCUT2D eigenvalue weighted by atomic mass is 9.97. The van der Waals surface area contributed by atoms with Crippen molar-refractivity contribution in [3.05, 3.63) is 70.5 Å². The standard InChI is InChI=1S/C32H39ClF4N4O5/c1-5-6-24-19-40(26(27(42)38-4)18-21-7-11-22(33)12-8-21)15-16-41(24)28(43)25(17-20-9-13-23(34)14-10-20)39-29(44)31(2,3)46-30(45)32(35,36)37/h7-14,24-26H,5-6,15-19H2,1-4H3,(H,38,42)(H,39,44). The molecule has 2 aromatic carbocycles. The number of carbonyl (C=O) groups excluding carboxylic acids is 4. The summed E-state index contributed by atoms with van der Waals surface area (Å²) in [6.07, 6.45) is -3.77. The van der Waals surface area contributed by atoms with Crippen LogP contribution in [0.15, 0.2) is 48.5 Å². The van der Waals surface area contributed by atoms with Gasteiger partial charge in [-0.25, -0.2) is 9.18 Å². The van der Waals surface area contributed by atoms with Crippen LogP contribution in [0.1, 0.15) is 44.7 Å². The summed E-state index contributed by atoms with van der Waals surface area (Å²) in [5.74, 6) is -4.87. The zero-order chi connectivity index (χ0) is 34.2. The van der Waals surface area contributed by atoms with Crippen LogP contribution < -0.4 is 10.6 Å². The molecule has 1 aliphatic heterocycles. The highest BCUT2D eigenvalue weighted by molar-refractivity contribution is 6.30. The molecule has 252 valence electrons. The van der Waals surface area contributed by atoms with Crippen molar-refractivity contribution in [3.8, 4) is 0 Å². The molecule has 1 aliphatic rings. The topological polar surface area (TPSA) is 108 Å². The Hall–Kier alpha value is -3.71. The molecule has 3 rings (SSSR count). The van der Waals surface area contributed by atoms with Gasteiger partial charge in [-0.15, -0.1) is 0 Å². The van der Waals surface area contributed by atoms with Gasteiger partial charge in [0.15, 0.2) is 5.60 Å². The molecule has 3 amide bonds. The van der Waals surface area contributed by atoms with Crippen LogP contribution in [0.3, 0.4) is 0 Å². The second kappa shape index (κ2) is 15.7. The smallest absolute Gasteiger partial charge is 0.443 e. The second-order valence-corrected chi connectivity index (χ2v) is 12.1. The van der Waals surface area contributed by atoms with Crippen molar-refractivity contribution in [2.24, 2.45) is 0 Å². The van der Waals surface area contributed by atoms with E-state index in [-0.39, 0.29) is 24.9 Å². The number of likely N-dealkylation sites (N-methyl/N-ethyl adjacent to an activating group) is 1. The van der Waals surface area contributed by atoms with E-state index in [4.69, 9.17) is 11.6 Å². The summed E-state index contributed by atoms with van der Waals surface area (Å²) in [6.45, 7) is 4.79. The van der Waals surface area contributed by atoms with E-state index in [9.17, 15) is 36.7 Å². The van der Waals surface area contributed by atoms with E-state index < -0.39 is 47.5 Å². The number of benzene rings is 2. The lowest BCUT2D eigenvalue weighted by Gasteiger charge is -2.45. The molecule has 0 spiro atoms. The maximum absolute atomic E-state index is 14.1. The SMILES string of the molecule is CCCC1CN(C(Cc2ccc(Cl)cc2)C(=O)NC)CCN1C(=O)C(Cc1ccc(F)cc1)NC(=O)C(C)(C)OC(=O)C(F)(F)F. The van der Waals surface area contributed by atoms with Gasteiger partial charge in [0, 0.05) is 44.2 Å². The van der Waals surface area contributed by atoms with Gasteiger partial charge in [0.1, 0.15) is 11.9 Å². The highest BCUT2D eigenvalue weighted by atomic mass is 35.5. The molecule has 9 nitrogen and oxygen atoms in total. The zero-order valence-electron chi connectivity index (χ0n) is 26.1. The molecular weight excluding hydrogens is 632 g/mol. The molecule has 3 atom stereocenters. The zero-order valence-corrected chi connectivity index (χ0v) is 26.9. The summed E-state index contributed by atoms with van der Waals surface area (Å²) in [4.78, 5) is 55.4. The fourth-order valence-corrected chi connectivity index (χ4v) is 5.48. The Kier molecular flexibility index (Phi) is 12.6.